The summed E-state index contributed by atoms with van der Waals surface area (Å²) < 4.78 is 0. The zero-order valence-corrected chi connectivity index (χ0v) is 13.6. The number of aromatic nitrogens is 1. The molecule has 1 aliphatic carbocycles. The highest BCUT2D eigenvalue weighted by molar-refractivity contribution is 5.95. The van der Waals surface area contributed by atoms with E-state index in [1.54, 1.807) is 0 Å². The molecular weight excluding hydrogens is 262 g/mol. The van der Waals surface area contributed by atoms with Crippen LogP contribution in [-0.2, 0) is 0 Å². The van der Waals surface area contributed by atoms with Crippen LogP contribution in [0.25, 0.3) is 0 Å². The molecule has 1 aromatic heterocycles. The summed E-state index contributed by atoms with van der Waals surface area (Å²) in [6, 6.07) is 3.99. The summed E-state index contributed by atoms with van der Waals surface area (Å²) in [5, 5.41) is 6.34. The molecule has 2 rings (SSSR count). The Morgan fingerprint density at radius 3 is 2.62 bits per heavy atom. The molecule has 0 spiro atoms. The first-order valence-corrected chi connectivity index (χ1v) is 7.93. The van der Waals surface area contributed by atoms with E-state index in [2.05, 4.69) is 29.5 Å². The van der Waals surface area contributed by atoms with Crippen molar-refractivity contribution in [2.24, 2.45) is 5.41 Å². The molecular formula is C17H27N3O. The number of carbonyl (C=O) groups is 1. The number of pyridine rings is 1. The van der Waals surface area contributed by atoms with Gasteiger partial charge in [-0.25, -0.2) is 4.98 Å². The van der Waals surface area contributed by atoms with Gasteiger partial charge in [0.25, 0.3) is 5.91 Å². The monoisotopic (exact) mass is 289 g/mol. The average Bonchev–Trinajstić information content (AvgIpc) is 2.41. The summed E-state index contributed by atoms with van der Waals surface area (Å²) in [5.41, 5.74) is 1.99. The molecule has 1 saturated carbocycles. The Balaban J connectivity index is 2.00. The van der Waals surface area contributed by atoms with Crippen LogP contribution in [0.5, 0.6) is 0 Å². The standard InChI is InChI=1S/C17H27N3O/c1-5-18-15-11-13(10-12(2)19-15)16(21)20-14-6-8-17(3,4)9-7-14/h10-11,14H,5-9H2,1-4H3,(H,18,19)(H,20,21). The smallest absolute Gasteiger partial charge is 0.251 e. The van der Waals surface area contributed by atoms with Gasteiger partial charge in [0.1, 0.15) is 5.82 Å². The van der Waals surface area contributed by atoms with E-state index in [9.17, 15) is 4.79 Å². The molecule has 0 saturated heterocycles. The van der Waals surface area contributed by atoms with E-state index in [0.717, 1.165) is 30.9 Å². The van der Waals surface area contributed by atoms with Gasteiger partial charge in [-0.1, -0.05) is 13.8 Å². The number of nitrogens with one attached hydrogen (secondary N) is 2. The fourth-order valence-electron chi connectivity index (χ4n) is 2.88. The lowest BCUT2D eigenvalue weighted by molar-refractivity contribution is 0.0909. The number of hydrogen-bond acceptors (Lipinski definition) is 3. The molecule has 1 aliphatic rings. The van der Waals surface area contributed by atoms with E-state index in [1.165, 1.54) is 12.8 Å². The van der Waals surface area contributed by atoms with Crippen molar-refractivity contribution in [3.63, 3.8) is 0 Å². The Labute approximate surface area is 127 Å². The minimum absolute atomic E-state index is 0.0179. The number of anilines is 1. The molecule has 4 nitrogen and oxygen atoms in total. The van der Waals surface area contributed by atoms with Crippen molar-refractivity contribution in [1.29, 1.82) is 0 Å². The average molecular weight is 289 g/mol. The zero-order valence-electron chi connectivity index (χ0n) is 13.6. The van der Waals surface area contributed by atoms with Gasteiger partial charge in [-0.15, -0.1) is 0 Å². The minimum Gasteiger partial charge on any atom is -0.370 e. The Morgan fingerprint density at radius 1 is 1.33 bits per heavy atom. The lowest BCUT2D eigenvalue weighted by Crippen LogP contribution is -2.39. The van der Waals surface area contributed by atoms with E-state index >= 15 is 0 Å². The van der Waals surface area contributed by atoms with Crippen molar-refractivity contribution < 1.29 is 4.79 Å². The summed E-state index contributed by atoms with van der Waals surface area (Å²) in [4.78, 5) is 16.8. The lowest BCUT2D eigenvalue weighted by atomic mass is 9.75. The van der Waals surface area contributed by atoms with Gasteiger partial charge in [-0.2, -0.15) is 0 Å². The van der Waals surface area contributed by atoms with Crippen LogP contribution in [0.4, 0.5) is 5.82 Å². The van der Waals surface area contributed by atoms with Gasteiger partial charge in [0, 0.05) is 23.8 Å². The highest BCUT2D eigenvalue weighted by atomic mass is 16.1. The molecule has 0 aliphatic heterocycles. The fraction of sp³-hybridized carbons (Fsp3) is 0.647. The maximum absolute atomic E-state index is 12.4. The van der Waals surface area contributed by atoms with E-state index in [-0.39, 0.29) is 5.91 Å². The molecule has 0 radical (unpaired) electrons. The topological polar surface area (TPSA) is 54.0 Å². The van der Waals surface area contributed by atoms with E-state index in [0.29, 0.717) is 17.0 Å². The van der Waals surface area contributed by atoms with Crippen LogP contribution in [0.2, 0.25) is 0 Å². The number of aryl methyl sites for hydroxylation is 1. The normalized spacial score (nSPS) is 18.3. The fourth-order valence-corrected chi connectivity index (χ4v) is 2.88. The van der Waals surface area contributed by atoms with Gasteiger partial charge in [-0.3, -0.25) is 4.79 Å². The zero-order chi connectivity index (χ0) is 15.5. The summed E-state index contributed by atoms with van der Waals surface area (Å²) in [5.74, 6) is 0.789. The van der Waals surface area contributed by atoms with E-state index in [1.807, 2.05) is 26.0 Å². The van der Waals surface area contributed by atoms with Crippen molar-refractivity contribution in [1.82, 2.24) is 10.3 Å². The Hall–Kier alpha value is -1.58. The molecule has 0 atom stereocenters. The summed E-state index contributed by atoms with van der Waals surface area (Å²) in [6.45, 7) is 9.35. The Morgan fingerprint density at radius 2 is 2.00 bits per heavy atom. The van der Waals surface area contributed by atoms with Crippen LogP contribution < -0.4 is 10.6 Å². The molecule has 0 aromatic carbocycles. The maximum Gasteiger partial charge on any atom is 0.251 e. The number of carbonyl (C=O) groups excluding carboxylic acids is 1. The van der Waals surface area contributed by atoms with Crippen molar-refractivity contribution in [2.45, 2.75) is 59.4 Å². The third kappa shape index (κ3) is 4.45. The van der Waals surface area contributed by atoms with Crippen LogP contribution in [0.3, 0.4) is 0 Å². The first-order valence-electron chi connectivity index (χ1n) is 7.93. The molecule has 0 bridgehead atoms. The predicted molar refractivity (Wildman–Crippen MR) is 86.6 cm³/mol. The number of rotatable bonds is 4. The van der Waals surface area contributed by atoms with Gasteiger partial charge in [0.2, 0.25) is 0 Å². The highest BCUT2D eigenvalue weighted by Crippen LogP contribution is 2.35. The maximum atomic E-state index is 12.4. The highest BCUT2D eigenvalue weighted by Gasteiger charge is 2.27. The molecule has 1 aromatic rings. The van der Waals surface area contributed by atoms with Crippen LogP contribution in [0.15, 0.2) is 12.1 Å². The third-order valence-corrected chi connectivity index (χ3v) is 4.25. The molecule has 1 fully saturated rings. The number of nitrogens with zero attached hydrogens (tertiary/aromatic N) is 1. The quantitative estimate of drug-likeness (QED) is 0.891. The van der Waals surface area contributed by atoms with E-state index < -0.39 is 0 Å². The molecule has 4 heteroatoms. The van der Waals surface area contributed by atoms with Crippen molar-refractivity contribution >= 4 is 11.7 Å². The van der Waals surface area contributed by atoms with Crippen molar-refractivity contribution in [3.8, 4) is 0 Å². The van der Waals surface area contributed by atoms with Crippen LogP contribution in [0.1, 0.15) is 62.5 Å². The number of hydrogen-bond donors (Lipinski definition) is 2. The van der Waals surface area contributed by atoms with Crippen molar-refractivity contribution in [2.75, 3.05) is 11.9 Å². The molecule has 1 amide bonds. The largest absolute Gasteiger partial charge is 0.370 e. The first kappa shape index (κ1) is 15.8. The predicted octanol–water partition coefficient (Wildman–Crippen LogP) is 3.52. The SMILES string of the molecule is CCNc1cc(C(=O)NC2CCC(C)(C)CC2)cc(C)n1. The van der Waals surface area contributed by atoms with Gasteiger partial charge < -0.3 is 10.6 Å². The second-order valence-corrected chi connectivity index (χ2v) is 6.82. The van der Waals surface area contributed by atoms with Gasteiger partial charge in [-0.05, 0) is 57.1 Å². The van der Waals surface area contributed by atoms with Crippen LogP contribution in [-0.4, -0.2) is 23.5 Å². The third-order valence-electron chi connectivity index (χ3n) is 4.25. The molecule has 116 valence electrons. The van der Waals surface area contributed by atoms with Gasteiger partial charge in [0.05, 0.1) is 0 Å². The number of amides is 1. The lowest BCUT2D eigenvalue weighted by Gasteiger charge is -2.34. The van der Waals surface area contributed by atoms with Gasteiger partial charge in [0.15, 0.2) is 0 Å². The second kappa shape index (κ2) is 6.46. The second-order valence-electron chi connectivity index (χ2n) is 6.82. The first-order chi connectivity index (χ1) is 9.89. The van der Waals surface area contributed by atoms with Crippen LogP contribution >= 0.6 is 0 Å². The summed E-state index contributed by atoms with van der Waals surface area (Å²) >= 11 is 0. The van der Waals surface area contributed by atoms with Gasteiger partial charge >= 0.3 is 0 Å². The minimum atomic E-state index is 0.0179. The molecule has 1 heterocycles. The summed E-state index contributed by atoms with van der Waals surface area (Å²) in [7, 11) is 0. The molecule has 0 unspecified atom stereocenters. The molecule has 2 N–H and O–H groups in total. The van der Waals surface area contributed by atoms with E-state index in [4.69, 9.17) is 0 Å². The van der Waals surface area contributed by atoms with Crippen LogP contribution in [0, 0.1) is 12.3 Å². The molecule has 21 heavy (non-hydrogen) atoms. The Kier molecular flexibility index (Phi) is 4.86. The summed E-state index contributed by atoms with van der Waals surface area (Å²) in [6.07, 6.45) is 4.50. The Bertz CT molecular complexity index is 501. The van der Waals surface area contributed by atoms with Crippen molar-refractivity contribution in [3.05, 3.63) is 23.4 Å².